The number of allylic oxidation sites excluding steroid dienone is 14. The van der Waals surface area contributed by atoms with Crippen molar-refractivity contribution in [3.63, 3.8) is 0 Å². The highest BCUT2D eigenvalue weighted by atomic mass is 31.2. The lowest BCUT2D eigenvalue weighted by atomic mass is 10.0. The molecule has 0 radical (unpaired) electrons. The number of phosphoric ester groups is 1. The molecule has 0 aliphatic carbocycles. The van der Waals surface area contributed by atoms with Crippen LogP contribution < -0.4 is 4.89 Å². The summed E-state index contributed by atoms with van der Waals surface area (Å²) in [6.45, 7) is 4.16. The lowest BCUT2D eigenvalue weighted by molar-refractivity contribution is -0.870. The Morgan fingerprint density at radius 3 is 0.988 bits per heavy atom. The Hall–Kier alpha value is -2.81. The highest BCUT2D eigenvalue weighted by molar-refractivity contribution is 7.45. The Bertz CT molecular complexity index is 1730. The molecule has 0 aliphatic rings. The van der Waals surface area contributed by atoms with Crippen molar-refractivity contribution in [3.05, 3.63) is 85.1 Å². The fraction of sp³-hybridized carbons (Fsp3) is 0.789. The van der Waals surface area contributed by atoms with Gasteiger partial charge in [-0.05, 0) is 89.9 Å². The van der Waals surface area contributed by atoms with Crippen molar-refractivity contribution in [2.75, 3.05) is 47.5 Å². The Balaban J connectivity index is 3.99. The van der Waals surface area contributed by atoms with Gasteiger partial charge in [0.15, 0.2) is 6.10 Å². The van der Waals surface area contributed by atoms with Gasteiger partial charge in [0.25, 0.3) is 7.82 Å². The Labute approximate surface area is 532 Å². The van der Waals surface area contributed by atoms with Crippen LogP contribution in [0, 0.1) is 0 Å². The maximum absolute atomic E-state index is 12.9. The third kappa shape index (κ3) is 70.3. The molecular formula is C76H138NO8P. The van der Waals surface area contributed by atoms with Crippen LogP contribution in [0.2, 0.25) is 0 Å². The van der Waals surface area contributed by atoms with E-state index in [4.69, 9.17) is 18.5 Å². The van der Waals surface area contributed by atoms with Crippen molar-refractivity contribution in [2.24, 2.45) is 0 Å². The topological polar surface area (TPSA) is 111 Å². The minimum Gasteiger partial charge on any atom is -0.756 e. The quantitative estimate of drug-likeness (QED) is 0.0195. The predicted octanol–water partition coefficient (Wildman–Crippen LogP) is 23.1. The Kier molecular flexibility index (Phi) is 64.4. The summed E-state index contributed by atoms with van der Waals surface area (Å²) in [5, 5.41) is 0. The van der Waals surface area contributed by atoms with E-state index in [1.54, 1.807) is 0 Å². The smallest absolute Gasteiger partial charge is 0.306 e. The summed E-state index contributed by atoms with van der Waals surface area (Å²) in [5.41, 5.74) is 0. The molecule has 500 valence electrons. The van der Waals surface area contributed by atoms with Gasteiger partial charge in [0.2, 0.25) is 0 Å². The number of rotatable bonds is 67. The van der Waals surface area contributed by atoms with Gasteiger partial charge in [-0.1, -0.05) is 317 Å². The average Bonchev–Trinajstić information content (AvgIpc) is 3.56. The first-order valence-electron chi connectivity index (χ1n) is 36.3. The van der Waals surface area contributed by atoms with Crippen LogP contribution in [0.1, 0.15) is 335 Å². The summed E-state index contributed by atoms with van der Waals surface area (Å²) in [7, 11) is 1.17. The standard InChI is InChI=1S/C76H138NO8P/c1-6-8-10-12-14-16-18-20-22-24-26-28-30-32-34-35-36-37-38-39-40-41-43-45-47-49-51-53-55-57-59-61-63-65-67-69-76(79)85-74(73-84-86(80,81)83-71-70-77(3,4)5)72-82-75(78)68-66-64-62-60-58-56-54-52-50-48-46-44-42-33-31-29-27-25-23-21-19-17-15-13-11-9-7-2/h8,10,14,16,19-22,25-28,31,33,74H,6-7,9,11-13,15,17-18,23-24,29-30,32,34-73H2,1-5H3/b10-8-,16-14-,21-19-,22-20-,27-25-,28-26-,33-31-. The Morgan fingerprint density at radius 1 is 0.372 bits per heavy atom. The number of hydrogen-bond acceptors (Lipinski definition) is 8. The number of likely N-dealkylation sites (N-methyl/N-ethyl adjacent to an activating group) is 1. The summed E-state index contributed by atoms with van der Waals surface area (Å²) >= 11 is 0. The molecule has 0 fully saturated rings. The maximum atomic E-state index is 12.9. The molecule has 86 heavy (non-hydrogen) atoms. The van der Waals surface area contributed by atoms with E-state index in [9.17, 15) is 19.0 Å². The molecule has 2 atom stereocenters. The van der Waals surface area contributed by atoms with Crippen molar-refractivity contribution in [2.45, 2.75) is 341 Å². The van der Waals surface area contributed by atoms with Gasteiger partial charge in [0, 0.05) is 12.8 Å². The van der Waals surface area contributed by atoms with E-state index in [0.717, 1.165) is 77.0 Å². The lowest BCUT2D eigenvalue weighted by Crippen LogP contribution is -2.37. The van der Waals surface area contributed by atoms with Gasteiger partial charge < -0.3 is 27.9 Å². The van der Waals surface area contributed by atoms with Crippen molar-refractivity contribution in [3.8, 4) is 0 Å². The maximum Gasteiger partial charge on any atom is 0.306 e. The first-order chi connectivity index (χ1) is 42.0. The van der Waals surface area contributed by atoms with Crippen molar-refractivity contribution < 1.29 is 42.1 Å². The number of nitrogens with zero attached hydrogens (tertiary/aromatic N) is 1. The molecule has 0 saturated carbocycles. The molecule has 2 unspecified atom stereocenters. The first-order valence-corrected chi connectivity index (χ1v) is 37.8. The lowest BCUT2D eigenvalue weighted by Gasteiger charge is -2.28. The van der Waals surface area contributed by atoms with Gasteiger partial charge in [-0.3, -0.25) is 14.2 Å². The summed E-state index contributed by atoms with van der Waals surface area (Å²) in [4.78, 5) is 38.1. The normalized spacial score (nSPS) is 13.6. The van der Waals surface area contributed by atoms with Crippen LogP contribution in [0.5, 0.6) is 0 Å². The van der Waals surface area contributed by atoms with Gasteiger partial charge in [-0.25, -0.2) is 0 Å². The summed E-state index contributed by atoms with van der Waals surface area (Å²) in [6.07, 6.45) is 91.0. The largest absolute Gasteiger partial charge is 0.756 e. The van der Waals surface area contributed by atoms with Crippen LogP contribution >= 0.6 is 7.82 Å². The molecule has 9 nitrogen and oxygen atoms in total. The van der Waals surface area contributed by atoms with Gasteiger partial charge >= 0.3 is 11.9 Å². The summed E-state index contributed by atoms with van der Waals surface area (Å²) < 4.78 is 34.4. The van der Waals surface area contributed by atoms with E-state index < -0.39 is 26.5 Å². The molecule has 0 bridgehead atoms. The number of phosphoric acid groups is 1. The molecule has 0 rings (SSSR count). The molecule has 0 heterocycles. The van der Waals surface area contributed by atoms with Crippen molar-refractivity contribution >= 4 is 19.8 Å². The highest BCUT2D eigenvalue weighted by Crippen LogP contribution is 2.38. The van der Waals surface area contributed by atoms with Crippen LogP contribution in [-0.2, 0) is 32.7 Å². The van der Waals surface area contributed by atoms with E-state index in [1.807, 2.05) is 21.1 Å². The monoisotopic (exact) mass is 1220 g/mol. The van der Waals surface area contributed by atoms with Gasteiger partial charge in [-0.15, -0.1) is 0 Å². The van der Waals surface area contributed by atoms with Crippen LogP contribution in [0.15, 0.2) is 85.1 Å². The second-order valence-electron chi connectivity index (χ2n) is 25.6. The second kappa shape index (κ2) is 66.6. The van der Waals surface area contributed by atoms with E-state index >= 15 is 0 Å². The number of carbonyl (C=O) groups is 2. The summed E-state index contributed by atoms with van der Waals surface area (Å²) in [6, 6.07) is 0. The SMILES string of the molecule is CC/C=C\C/C=C\C/C=C\C/C=C\CCCCCCCCCCCCCCCCCCCCCCCCC(=O)OC(COC(=O)CCCCCCCCCCCCCC/C=C\C/C=C\C/C=C\CCCCCCC)COP(=O)([O-])OCC[N+](C)(C)C. The third-order valence-corrected chi connectivity index (χ3v) is 16.9. The minimum atomic E-state index is -4.64. The van der Waals surface area contributed by atoms with Crippen LogP contribution in [-0.4, -0.2) is 70.0 Å². The summed E-state index contributed by atoms with van der Waals surface area (Å²) in [5.74, 6) is -0.822. The van der Waals surface area contributed by atoms with E-state index in [1.165, 1.54) is 225 Å². The minimum absolute atomic E-state index is 0.0316. The molecule has 0 aromatic heterocycles. The molecule has 0 amide bonds. The number of hydrogen-bond donors (Lipinski definition) is 0. The molecule has 0 aromatic rings. The van der Waals surface area contributed by atoms with Crippen LogP contribution in [0.3, 0.4) is 0 Å². The van der Waals surface area contributed by atoms with E-state index in [2.05, 4.69) is 98.9 Å². The van der Waals surface area contributed by atoms with Gasteiger partial charge in [0.1, 0.15) is 19.8 Å². The highest BCUT2D eigenvalue weighted by Gasteiger charge is 2.22. The zero-order chi connectivity index (χ0) is 62.6. The molecular weight excluding hydrogens is 1090 g/mol. The third-order valence-electron chi connectivity index (χ3n) is 15.9. The number of esters is 2. The molecule has 0 N–H and O–H groups in total. The van der Waals surface area contributed by atoms with Gasteiger partial charge in [0.05, 0.1) is 27.7 Å². The fourth-order valence-corrected chi connectivity index (χ4v) is 11.1. The van der Waals surface area contributed by atoms with Gasteiger partial charge in [-0.2, -0.15) is 0 Å². The number of carbonyl (C=O) groups excluding carboxylic acids is 2. The van der Waals surface area contributed by atoms with E-state index in [0.29, 0.717) is 17.4 Å². The van der Waals surface area contributed by atoms with Crippen LogP contribution in [0.25, 0.3) is 0 Å². The number of unbranched alkanes of at least 4 members (excludes halogenated alkanes) is 39. The second-order valence-corrected chi connectivity index (χ2v) is 27.0. The van der Waals surface area contributed by atoms with Crippen LogP contribution in [0.4, 0.5) is 0 Å². The average molecular weight is 1220 g/mol. The Morgan fingerprint density at radius 2 is 0.663 bits per heavy atom. The molecule has 0 aliphatic heterocycles. The zero-order valence-corrected chi connectivity index (χ0v) is 57.9. The van der Waals surface area contributed by atoms with Crippen molar-refractivity contribution in [1.29, 1.82) is 0 Å². The molecule has 0 saturated heterocycles. The van der Waals surface area contributed by atoms with E-state index in [-0.39, 0.29) is 32.0 Å². The molecule has 0 aromatic carbocycles. The predicted molar refractivity (Wildman–Crippen MR) is 369 cm³/mol. The zero-order valence-electron chi connectivity index (χ0n) is 57.0. The number of quaternary nitrogens is 1. The molecule has 10 heteroatoms. The van der Waals surface area contributed by atoms with Crippen molar-refractivity contribution in [1.82, 2.24) is 0 Å². The molecule has 0 spiro atoms. The fourth-order valence-electron chi connectivity index (χ4n) is 10.4. The number of ether oxygens (including phenoxy) is 2. The first kappa shape index (κ1) is 83.2.